The second kappa shape index (κ2) is 7.79. The summed E-state index contributed by atoms with van der Waals surface area (Å²) in [6, 6.07) is 3.30. The number of nitrogens with zero attached hydrogens (tertiary/aromatic N) is 1. The Morgan fingerprint density at radius 2 is 2.00 bits per heavy atom. The number of benzene rings is 1. The molecule has 1 aliphatic rings. The van der Waals surface area contributed by atoms with Crippen LogP contribution in [0.4, 0.5) is 0 Å². The predicted molar refractivity (Wildman–Crippen MR) is 99.9 cm³/mol. The maximum absolute atomic E-state index is 12.6. The highest BCUT2D eigenvalue weighted by Gasteiger charge is 2.24. The van der Waals surface area contributed by atoms with E-state index in [1.807, 2.05) is 13.8 Å². The maximum atomic E-state index is 12.6. The van der Waals surface area contributed by atoms with Crippen molar-refractivity contribution in [3.05, 3.63) is 27.7 Å². The summed E-state index contributed by atoms with van der Waals surface area (Å²) in [7, 11) is 0. The Bertz CT molecular complexity index is 586. The Hall–Kier alpha value is -0.590. The molecule has 0 aliphatic carbocycles. The molecule has 1 saturated heterocycles. The van der Waals surface area contributed by atoms with Crippen molar-refractivity contribution >= 4 is 50.0 Å². The molecular weight excluding hydrogens is 382 g/mol. The van der Waals surface area contributed by atoms with Crippen LogP contribution in [0.15, 0.2) is 16.6 Å². The molecule has 1 unspecified atom stereocenters. The van der Waals surface area contributed by atoms with E-state index in [1.165, 1.54) is 18.2 Å². The Balaban J connectivity index is 2.05. The molecule has 1 aromatic rings. The number of phenolic OH excluding ortho intramolecular Hbond substituents is 1. The lowest BCUT2D eigenvalue weighted by molar-refractivity contribution is 0.0991. The minimum absolute atomic E-state index is 0.0297. The van der Waals surface area contributed by atoms with Gasteiger partial charge in [0, 0.05) is 17.6 Å². The molecule has 1 aliphatic heterocycles. The molecular formula is C16H20BrNO2S2. The van der Waals surface area contributed by atoms with Crippen molar-refractivity contribution in [3.63, 3.8) is 0 Å². The van der Waals surface area contributed by atoms with E-state index in [0.717, 1.165) is 40.3 Å². The Morgan fingerprint density at radius 1 is 1.36 bits per heavy atom. The van der Waals surface area contributed by atoms with E-state index in [4.69, 9.17) is 12.2 Å². The molecule has 120 valence electrons. The molecule has 22 heavy (non-hydrogen) atoms. The first-order valence-corrected chi connectivity index (χ1v) is 9.47. The van der Waals surface area contributed by atoms with E-state index in [2.05, 4.69) is 20.8 Å². The summed E-state index contributed by atoms with van der Waals surface area (Å²) >= 11 is 10.3. The van der Waals surface area contributed by atoms with Gasteiger partial charge in [0.1, 0.15) is 10.1 Å². The summed E-state index contributed by atoms with van der Waals surface area (Å²) in [6.07, 6.45) is 3.58. The number of aromatic hydroxyl groups is 1. The van der Waals surface area contributed by atoms with Crippen LogP contribution in [-0.4, -0.2) is 38.4 Å². The maximum Gasteiger partial charge on any atom is 0.179 e. The van der Waals surface area contributed by atoms with Crippen molar-refractivity contribution in [2.75, 3.05) is 13.1 Å². The highest BCUT2D eigenvalue weighted by molar-refractivity contribution is 9.10. The lowest BCUT2D eigenvalue weighted by Gasteiger charge is -2.29. The standard InChI is InChI=1S/C16H20BrNO2S2/c1-10-8-14(19)12(9-13(10)17)15(20)11(2)22-16(21)18-6-4-3-5-7-18/h8-9,11,19H,3-7H2,1-2H3. The number of carbonyl (C=O) groups excluding carboxylic acids is 1. The zero-order valence-electron chi connectivity index (χ0n) is 12.8. The molecule has 1 N–H and O–H groups in total. The van der Waals surface area contributed by atoms with Crippen LogP contribution in [0, 0.1) is 6.92 Å². The van der Waals surface area contributed by atoms with Gasteiger partial charge in [-0.1, -0.05) is 39.9 Å². The lowest BCUT2D eigenvalue weighted by atomic mass is 10.1. The van der Waals surface area contributed by atoms with Gasteiger partial charge in [0.05, 0.1) is 10.8 Å². The number of Topliss-reactive ketones (excluding diaryl/α,β-unsaturated/α-hetero) is 1. The number of carbonyl (C=O) groups is 1. The van der Waals surface area contributed by atoms with Crippen molar-refractivity contribution < 1.29 is 9.90 Å². The van der Waals surface area contributed by atoms with Crippen LogP contribution in [0.5, 0.6) is 5.75 Å². The van der Waals surface area contributed by atoms with Gasteiger partial charge < -0.3 is 10.0 Å². The number of halogens is 1. The highest BCUT2D eigenvalue weighted by atomic mass is 79.9. The molecule has 1 atom stereocenters. The van der Waals surface area contributed by atoms with Gasteiger partial charge in [-0.25, -0.2) is 0 Å². The average molecular weight is 402 g/mol. The number of thiocarbonyl (C=S) groups is 1. The van der Waals surface area contributed by atoms with Crippen LogP contribution in [0.2, 0.25) is 0 Å². The fourth-order valence-corrected chi connectivity index (χ4v) is 4.27. The number of piperidine rings is 1. The molecule has 0 radical (unpaired) electrons. The van der Waals surface area contributed by atoms with Crippen molar-refractivity contribution in [2.45, 2.75) is 38.4 Å². The van der Waals surface area contributed by atoms with Gasteiger partial charge in [-0.2, -0.15) is 0 Å². The average Bonchev–Trinajstić information content (AvgIpc) is 2.51. The van der Waals surface area contributed by atoms with E-state index in [0.29, 0.717) is 5.56 Å². The van der Waals surface area contributed by atoms with Crippen LogP contribution >= 0.6 is 39.9 Å². The summed E-state index contributed by atoms with van der Waals surface area (Å²) in [6.45, 7) is 5.68. The van der Waals surface area contributed by atoms with Gasteiger partial charge in [0.15, 0.2) is 5.78 Å². The molecule has 1 fully saturated rings. The van der Waals surface area contributed by atoms with Gasteiger partial charge >= 0.3 is 0 Å². The van der Waals surface area contributed by atoms with Crippen LogP contribution in [0.3, 0.4) is 0 Å². The van der Waals surface area contributed by atoms with Gasteiger partial charge in [0.2, 0.25) is 0 Å². The normalized spacial score (nSPS) is 16.4. The number of aryl methyl sites for hydroxylation is 1. The van der Waals surface area contributed by atoms with Crippen molar-refractivity contribution in [1.82, 2.24) is 4.90 Å². The first-order valence-electron chi connectivity index (χ1n) is 7.39. The van der Waals surface area contributed by atoms with E-state index >= 15 is 0 Å². The molecule has 1 heterocycles. The van der Waals surface area contributed by atoms with Gasteiger partial charge in [-0.15, -0.1) is 0 Å². The Morgan fingerprint density at radius 3 is 2.64 bits per heavy atom. The number of likely N-dealkylation sites (tertiary alicyclic amines) is 1. The minimum atomic E-state index is -0.310. The predicted octanol–water partition coefficient (Wildman–Crippen LogP) is 4.54. The fourth-order valence-electron chi connectivity index (χ4n) is 2.44. The third-order valence-corrected chi connectivity index (χ3v) is 6.23. The largest absolute Gasteiger partial charge is 0.507 e. The summed E-state index contributed by atoms with van der Waals surface area (Å²) in [5, 5.41) is 9.71. The molecule has 0 aromatic heterocycles. The third kappa shape index (κ3) is 4.24. The molecule has 6 heteroatoms. The monoisotopic (exact) mass is 401 g/mol. The zero-order chi connectivity index (χ0) is 16.3. The van der Waals surface area contributed by atoms with Crippen molar-refractivity contribution in [3.8, 4) is 5.75 Å². The van der Waals surface area contributed by atoms with Gasteiger partial charge in [-0.05, 0) is 50.8 Å². The molecule has 2 rings (SSSR count). The Kier molecular flexibility index (Phi) is 6.29. The van der Waals surface area contributed by atoms with E-state index < -0.39 is 0 Å². The number of hydrogen-bond donors (Lipinski definition) is 1. The second-order valence-corrected chi connectivity index (χ2v) is 8.39. The summed E-state index contributed by atoms with van der Waals surface area (Å²) < 4.78 is 1.61. The smallest absolute Gasteiger partial charge is 0.179 e. The fraction of sp³-hybridized carbons (Fsp3) is 0.500. The SMILES string of the molecule is Cc1cc(O)c(C(=O)C(C)SC(=S)N2CCCCC2)cc1Br. The van der Waals surface area contributed by atoms with Crippen LogP contribution in [0.1, 0.15) is 42.1 Å². The number of ketones is 1. The van der Waals surface area contributed by atoms with E-state index in [1.54, 1.807) is 12.1 Å². The molecule has 1 aromatic carbocycles. The second-order valence-electron chi connectivity index (χ2n) is 5.56. The molecule has 0 saturated carbocycles. The Labute approximate surface area is 149 Å². The van der Waals surface area contributed by atoms with Gasteiger partial charge in [0.25, 0.3) is 0 Å². The summed E-state index contributed by atoms with van der Waals surface area (Å²) in [4.78, 5) is 14.7. The molecule has 0 spiro atoms. The number of thioether (sulfide) groups is 1. The number of hydrogen-bond acceptors (Lipinski definition) is 4. The topological polar surface area (TPSA) is 40.5 Å². The van der Waals surface area contributed by atoms with Crippen LogP contribution in [0.25, 0.3) is 0 Å². The molecule has 0 bridgehead atoms. The molecule has 0 amide bonds. The first-order chi connectivity index (χ1) is 10.4. The summed E-state index contributed by atoms with van der Waals surface area (Å²) in [5.74, 6) is -0.0652. The van der Waals surface area contributed by atoms with Crippen molar-refractivity contribution in [1.29, 1.82) is 0 Å². The van der Waals surface area contributed by atoms with E-state index in [9.17, 15) is 9.90 Å². The number of rotatable bonds is 3. The first kappa shape index (κ1) is 17.8. The third-order valence-electron chi connectivity index (χ3n) is 3.80. The molecule has 3 nitrogen and oxygen atoms in total. The number of phenols is 1. The zero-order valence-corrected chi connectivity index (χ0v) is 16.0. The van der Waals surface area contributed by atoms with Crippen molar-refractivity contribution in [2.24, 2.45) is 0 Å². The summed E-state index contributed by atoms with van der Waals surface area (Å²) in [5.41, 5.74) is 1.25. The lowest BCUT2D eigenvalue weighted by Crippen LogP contribution is -2.34. The van der Waals surface area contributed by atoms with E-state index in [-0.39, 0.29) is 16.8 Å². The highest BCUT2D eigenvalue weighted by Crippen LogP contribution is 2.30. The quantitative estimate of drug-likeness (QED) is 0.594. The van der Waals surface area contributed by atoms with Crippen LogP contribution in [-0.2, 0) is 0 Å². The minimum Gasteiger partial charge on any atom is -0.507 e. The van der Waals surface area contributed by atoms with Crippen LogP contribution < -0.4 is 0 Å². The van der Waals surface area contributed by atoms with Gasteiger partial charge in [-0.3, -0.25) is 4.79 Å².